The first-order chi connectivity index (χ1) is 9.45. The van der Waals surface area contributed by atoms with Crippen molar-refractivity contribution < 1.29 is 13.2 Å². The normalized spacial score (nSPS) is 18.4. The average Bonchev–Trinajstić information content (AvgIpc) is 2.89. The Labute approximate surface area is 122 Å². The van der Waals surface area contributed by atoms with Crippen molar-refractivity contribution in [2.75, 3.05) is 5.75 Å². The smallest absolute Gasteiger partial charge is 0.327 e. The Morgan fingerprint density at radius 3 is 2.30 bits per heavy atom. The van der Waals surface area contributed by atoms with E-state index in [1.54, 1.807) is 0 Å². The van der Waals surface area contributed by atoms with Crippen molar-refractivity contribution in [3.63, 3.8) is 0 Å². The van der Waals surface area contributed by atoms with Gasteiger partial charge in [-0.2, -0.15) is 24.9 Å². The third-order valence-corrected chi connectivity index (χ3v) is 5.19. The predicted molar refractivity (Wildman–Crippen MR) is 77.8 cm³/mol. The molecule has 1 nitrogen and oxygen atoms in total. The van der Waals surface area contributed by atoms with Crippen LogP contribution in [0.4, 0.5) is 13.2 Å². The second-order valence-corrected chi connectivity index (χ2v) is 6.73. The van der Waals surface area contributed by atoms with Gasteiger partial charge >= 0.3 is 6.18 Å². The van der Waals surface area contributed by atoms with Crippen molar-refractivity contribution in [3.05, 3.63) is 35.4 Å². The molecular formula is C15H20F3NS. The molecule has 0 amide bonds. The van der Waals surface area contributed by atoms with E-state index in [0.717, 1.165) is 28.7 Å². The molecule has 20 heavy (non-hydrogen) atoms. The van der Waals surface area contributed by atoms with Gasteiger partial charge in [0.05, 0.1) is 5.56 Å². The van der Waals surface area contributed by atoms with Gasteiger partial charge in [-0.3, -0.25) is 0 Å². The Morgan fingerprint density at radius 1 is 1.15 bits per heavy atom. The molecule has 0 radical (unpaired) electrons. The standard InChI is InChI=1S/C15H20F3NS/c16-15(17,18)12-7-5-11(6-8-12)9-13(19)10-20-14-3-1-2-4-14/h5-8,13-14H,1-4,9-10,19H2. The van der Waals surface area contributed by atoms with E-state index in [4.69, 9.17) is 5.73 Å². The molecule has 1 aromatic carbocycles. The number of hydrogen-bond acceptors (Lipinski definition) is 2. The highest BCUT2D eigenvalue weighted by Crippen LogP contribution is 2.30. The van der Waals surface area contributed by atoms with Crippen LogP contribution in [0.2, 0.25) is 0 Å². The van der Waals surface area contributed by atoms with Crippen LogP contribution in [-0.2, 0) is 12.6 Å². The number of rotatable bonds is 5. The Hall–Kier alpha value is -0.680. The van der Waals surface area contributed by atoms with E-state index in [9.17, 15) is 13.2 Å². The molecule has 0 heterocycles. The number of hydrogen-bond donors (Lipinski definition) is 1. The van der Waals surface area contributed by atoms with E-state index in [-0.39, 0.29) is 6.04 Å². The summed E-state index contributed by atoms with van der Waals surface area (Å²) in [6.07, 6.45) is 1.55. The third kappa shape index (κ3) is 4.70. The van der Waals surface area contributed by atoms with Crippen molar-refractivity contribution in [2.45, 2.75) is 49.6 Å². The molecule has 2 rings (SSSR count). The van der Waals surface area contributed by atoms with Crippen LogP contribution in [0, 0.1) is 0 Å². The third-order valence-electron chi connectivity index (χ3n) is 3.63. The van der Waals surface area contributed by atoms with E-state index in [0.29, 0.717) is 6.42 Å². The zero-order chi connectivity index (χ0) is 14.6. The number of alkyl halides is 3. The summed E-state index contributed by atoms with van der Waals surface area (Å²) < 4.78 is 37.3. The van der Waals surface area contributed by atoms with Gasteiger partial charge in [0.2, 0.25) is 0 Å². The minimum Gasteiger partial charge on any atom is -0.327 e. The summed E-state index contributed by atoms with van der Waals surface area (Å²) in [6, 6.07) is 5.34. The van der Waals surface area contributed by atoms with Gasteiger partial charge in [0.15, 0.2) is 0 Å². The lowest BCUT2D eigenvalue weighted by Gasteiger charge is -2.15. The molecule has 5 heteroatoms. The van der Waals surface area contributed by atoms with Crippen molar-refractivity contribution in [2.24, 2.45) is 5.73 Å². The molecule has 1 fully saturated rings. The highest BCUT2D eigenvalue weighted by Gasteiger charge is 2.29. The maximum absolute atomic E-state index is 12.4. The molecule has 1 aliphatic carbocycles. The molecule has 2 N–H and O–H groups in total. The molecule has 1 saturated carbocycles. The molecule has 1 atom stereocenters. The topological polar surface area (TPSA) is 26.0 Å². The van der Waals surface area contributed by atoms with Crippen LogP contribution in [0.3, 0.4) is 0 Å². The first kappa shape index (κ1) is 15.7. The minimum absolute atomic E-state index is 0.0114. The Morgan fingerprint density at radius 2 is 1.75 bits per heavy atom. The summed E-state index contributed by atoms with van der Waals surface area (Å²) >= 11 is 1.91. The highest BCUT2D eigenvalue weighted by atomic mass is 32.2. The van der Waals surface area contributed by atoms with Gasteiger partial charge in [0.25, 0.3) is 0 Å². The van der Waals surface area contributed by atoms with Crippen LogP contribution in [0.25, 0.3) is 0 Å². The largest absolute Gasteiger partial charge is 0.416 e. The zero-order valence-electron chi connectivity index (χ0n) is 11.3. The second kappa shape index (κ2) is 6.85. The number of halogens is 3. The van der Waals surface area contributed by atoms with Gasteiger partial charge in [-0.15, -0.1) is 0 Å². The molecule has 0 bridgehead atoms. The van der Waals surface area contributed by atoms with Crippen molar-refractivity contribution in [1.29, 1.82) is 0 Å². The van der Waals surface area contributed by atoms with Gasteiger partial charge < -0.3 is 5.73 Å². The number of benzene rings is 1. The fraction of sp³-hybridized carbons (Fsp3) is 0.600. The van der Waals surface area contributed by atoms with E-state index < -0.39 is 11.7 Å². The molecule has 1 unspecified atom stereocenters. The van der Waals surface area contributed by atoms with Crippen molar-refractivity contribution in [3.8, 4) is 0 Å². The SMILES string of the molecule is NC(CSC1CCCC1)Cc1ccc(C(F)(F)F)cc1. The van der Waals surface area contributed by atoms with Crippen LogP contribution in [0.15, 0.2) is 24.3 Å². The van der Waals surface area contributed by atoms with Gasteiger partial charge in [0.1, 0.15) is 0 Å². The monoisotopic (exact) mass is 303 g/mol. The van der Waals surface area contributed by atoms with E-state index in [2.05, 4.69) is 0 Å². The molecule has 0 aromatic heterocycles. The Kier molecular flexibility index (Phi) is 5.38. The van der Waals surface area contributed by atoms with Gasteiger partial charge in [-0.1, -0.05) is 25.0 Å². The van der Waals surface area contributed by atoms with Crippen LogP contribution in [-0.4, -0.2) is 17.0 Å². The first-order valence-electron chi connectivity index (χ1n) is 6.98. The summed E-state index contributed by atoms with van der Waals surface area (Å²) in [4.78, 5) is 0. The molecule has 1 aromatic rings. The summed E-state index contributed by atoms with van der Waals surface area (Å²) in [5.41, 5.74) is 6.34. The molecule has 0 aliphatic heterocycles. The Bertz CT molecular complexity index is 410. The maximum Gasteiger partial charge on any atom is 0.416 e. The van der Waals surface area contributed by atoms with E-state index >= 15 is 0 Å². The number of thioether (sulfide) groups is 1. The second-order valence-electron chi connectivity index (χ2n) is 5.40. The number of nitrogens with two attached hydrogens (primary N) is 1. The van der Waals surface area contributed by atoms with Gasteiger partial charge in [-0.25, -0.2) is 0 Å². The summed E-state index contributed by atoms with van der Waals surface area (Å²) in [5.74, 6) is 0.881. The first-order valence-corrected chi connectivity index (χ1v) is 8.03. The van der Waals surface area contributed by atoms with Crippen molar-refractivity contribution >= 4 is 11.8 Å². The summed E-state index contributed by atoms with van der Waals surface area (Å²) in [7, 11) is 0. The highest BCUT2D eigenvalue weighted by molar-refractivity contribution is 7.99. The minimum atomic E-state index is -4.26. The Balaban J connectivity index is 1.80. The van der Waals surface area contributed by atoms with Crippen LogP contribution in [0.1, 0.15) is 36.8 Å². The summed E-state index contributed by atoms with van der Waals surface area (Å²) in [5, 5.41) is 0.730. The molecule has 0 saturated heterocycles. The van der Waals surface area contributed by atoms with E-state index in [1.807, 2.05) is 11.8 Å². The summed E-state index contributed by atoms with van der Waals surface area (Å²) in [6.45, 7) is 0. The lowest BCUT2D eigenvalue weighted by molar-refractivity contribution is -0.137. The fourth-order valence-corrected chi connectivity index (χ4v) is 3.81. The molecular weight excluding hydrogens is 283 g/mol. The lowest BCUT2D eigenvalue weighted by atomic mass is 10.1. The lowest BCUT2D eigenvalue weighted by Crippen LogP contribution is -2.26. The van der Waals surface area contributed by atoms with Gasteiger partial charge in [0, 0.05) is 17.0 Å². The maximum atomic E-state index is 12.4. The fourth-order valence-electron chi connectivity index (χ4n) is 2.51. The average molecular weight is 303 g/mol. The predicted octanol–water partition coefficient (Wildman–Crippen LogP) is 4.25. The van der Waals surface area contributed by atoms with Crippen LogP contribution in [0.5, 0.6) is 0 Å². The van der Waals surface area contributed by atoms with Crippen LogP contribution >= 0.6 is 11.8 Å². The zero-order valence-corrected chi connectivity index (χ0v) is 12.1. The molecule has 112 valence electrons. The van der Waals surface area contributed by atoms with Gasteiger partial charge in [-0.05, 0) is 37.0 Å². The quantitative estimate of drug-likeness (QED) is 0.880. The van der Waals surface area contributed by atoms with Crippen LogP contribution < -0.4 is 5.73 Å². The van der Waals surface area contributed by atoms with Crippen molar-refractivity contribution in [1.82, 2.24) is 0 Å². The molecule has 1 aliphatic rings. The molecule has 0 spiro atoms. The van der Waals surface area contributed by atoms with E-state index in [1.165, 1.54) is 37.8 Å².